The average molecular weight is 151 g/mol. The standard InChI is InChI=1S/C9H12O2/c10-9(11)5-8-4-6-1-2-7(8)3-6/h1-2,6-8H,3-5H2,(H,10,11)/p-1/t6-,7+,8-/m0/s1. The largest absolute Gasteiger partial charge is 0.550 e. The van der Waals surface area contributed by atoms with Crippen LogP contribution in [0.15, 0.2) is 12.2 Å². The van der Waals surface area contributed by atoms with E-state index in [4.69, 9.17) is 0 Å². The predicted octanol–water partition coefficient (Wildman–Crippen LogP) is 0.339. The van der Waals surface area contributed by atoms with Gasteiger partial charge in [-0.25, -0.2) is 0 Å². The molecule has 0 spiro atoms. The van der Waals surface area contributed by atoms with Gasteiger partial charge in [-0.1, -0.05) is 12.2 Å². The normalized spacial score (nSPS) is 39.8. The second kappa shape index (κ2) is 2.36. The number of hydrogen-bond acceptors (Lipinski definition) is 2. The number of fused-ring (bicyclic) bond motifs is 2. The van der Waals surface area contributed by atoms with Crippen molar-refractivity contribution in [2.24, 2.45) is 17.8 Å². The van der Waals surface area contributed by atoms with Crippen molar-refractivity contribution in [3.05, 3.63) is 12.2 Å². The van der Waals surface area contributed by atoms with E-state index in [2.05, 4.69) is 12.2 Å². The van der Waals surface area contributed by atoms with Gasteiger partial charge in [0.15, 0.2) is 0 Å². The highest BCUT2D eigenvalue weighted by Crippen LogP contribution is 2.44. The van der Waals surface area contributed by atoms with Crippen LogP contribution in [0, 0.1) is 17.8 Å². The molecular weight excluding hydrogens is 140 g/mol. The zero-order chi connectivity index (χ0) is 7.84. The number of allylic oxidation sites excluding steroid dienone is 2. The third kappa shape index (κ3) is 1.17. The fraction of sp³-hybridized carbons (Fsp3) is 0.667. The summed E-state index contributed by atoms with van der Waals surface area (Å²) in [6.07, 6.45) is 6.89. The highest BCUT2D eigenvalue weighted by Gasteiger charge is 2.35. The van der Waals surface area contributed by atoms with E-state index in [1.54, 1.807) is 0 Å². The summed E-state index contributed by atoms with van der Waals surface area (Å²) >= 11 is 0. The Labute approximate surface area is 65.9 Å². The molecule has 0 radical (unpaired) electrons. The first-order valence-electron chi connectivity index (χ1n) is 4.14. The van der Waals surface area contributed by atoms with Gasteiger partial charge in [-0.05, 0) is 37.0 Å². The fourth-order valence-electron chi connectivity index (χ4n) is 2.34. The number of carboxylic acid groups (broad SMARTS) is 1. The van der Waals surface area contributed by atoms with Crippen molar-refractivity contribution in [1.29, 1.82) is 0 Å². The lowest BCUT2D eigenvalue weighted by molar-refractivity contribution is -0.307. The second-order valence-corrected chi connectivity index (χ2v) is 3.62. The molecule has 0 aromatic carbocycles. The van der Waals surface area contributed by atoms with Crippen molar-refractivity contribution in [3.63, 3.8) is 0 Å². The monoisotopic (exact) mass is 151 g/mol. The Morgan fingerprint density at radius 1 is 1.45 bits per heavy atom. The molecule has 60 valence electrons. The molecule has 0 aromatic heterocycles. The quantitative estimate of drug-likeness (QED) is 0.534. The third-order valence-corrected chi connectivity index (χ3v) is 2.85. The van der Waals surface area contributed by atoms with E-state index in [1.807, 2.05) is 0 Å². The molecular formula is C9H11O2-. The summed E-state index contributed by atoms with van der Waals surface area (Å²) in [6.45, 7) is 0. The van der Waals surface area contributed by atoms with E-state index in [1.165, 1.54) is 6.42 Å². The van der Waals surface area contributed by atoms with Gasteiger partial charge in [0.2, 0.25) is 0 Å². The number of carbonyl (C=O) groups is 1. The van der Waals surface area contributed by atoms with Gasteiger partial charge in [0.25, 0.3) is 0 Å². The third-order valence-electron chi connectivity index (χ3n) is 2.85. The van der Waals surface area contributed by atoms with Gasteiger partial charge < -0.3 is 9.90 Å². The van der Waals surface area contributed by atoms with Crippen LogP contribution in [0.3, 0.4) is 0 Å². The molecule has 3 atom stereocenters. The summed E-state index contributed by atoms with van der Waals surface area (Å²) in [5.41, 5.74) is 0. The number of aliphatic carboxylic acids is 1. The summed E-state index contributed by atoms with van der Waals surface area (Å²) in [4.78, 5) is 10.3. The average Bonchev–Trinajstić information content (AvgIpc) is 2.45. The molecule has 0 aromatic rings. The van der Waals surface area contributed by atoms with E-state index in [-0.39, 0.29) is 6.42 Å². The topological polar surface area (TPSA) is 40.1 Å². The first kappa shape index (κ1) is 6.89. The van der Waals surface area contributed by atoms with E-state index in [9.17, 15) is 9.90 Å². The van der Waals surface area contributed by atoms with E-state index >= 15 is 0 Å². The Bertz CT molecular complexity index is 208. The van der Waals surface area contributed by atoms with Crippen LogP contribution in [0.5, 0.6) is 0 Å². The molecule has 0 N–H and O–H groups in total. The molecule has 2 aliphatic carbocycles. The highest BCUT2D eigenvalue weighted by atomic mass is 16.4. The van der Waals surface area contributed by atoms with Crippen LogP contribution in [0.25, 0.3) is 0 Å². The Morgan fingerprint density at radius 3 is 2.73 bits per heavy atom. The first-order valence-corrected chi connectivity index (χ1v) is 4.14. The molecule has 2 aliphatic rings. The minimum Gasteiger partial charge on any atom is -0.550 e. The minimum atomic E-state index is -0.893. The molecule has 0 unspecified atom stereocenters. The highest BCUT2D eigenvalue weighted by molar-refractivity contribution is 5.64. The van der Waals surface area contributed by atoms with Crippen molar-refractivity contribution in [2.75, 3.05) is 0 Å². The summed E-state index contributed by atoms with van der Waals surface area (Å²) in [5.74, 6) is 0.688. The fourth-order valence-corrected chi connectivity index (χ4v) is 2.34. The predicted molar refractivity (Wildman–Crippen MR) is 38.5 cm³/mol. The smallest absolute Gasteiger partial charge is 0.0417 e. The summed E-state index contributed by atoms with van der Waals surface area (Å²) < 4.78 is 0. The van der Waals surface area contributed by atoms with Crippen molar-refractivity contribution in [1.82, 2.24) is 0 Å². The number of carboxylic acids is 1. The lowest BCUT2D eigenvalue weighted by Gasteiger charge is -2.17. The molecule has 0 heterocycles. The molecule has 0 aliphatic heterocycles. The van der Waals surface area contributed by atoms with Crippen molar-refractivity contribution in [2.45, 2.75) is 19.3 Å². The second-order valence-electron chi connectivity index (χ2n) is 3.62. The molecule has 1 fully saturated rings. The maximum atomic E-state index is 10.3. The molecule has 2 rings (SSSR count). The van der Waals surface area contributed by atoms with Gasteiger partial charge in [-0.2, -0.15) is 0 Å². The number of rotatable bonds is 2. The zero-order valence-electron chi connectivity index (χ0n) is 6.32. The molecule has 2 heteroatoms. The van der Waals surface area contributed by atoms with Gasteiger partial charge in [-0.15, -0.1) is 0 Å². The van der Waals surface area contributed by atoms with Gasteiger partial charge >= 0.3 is 0 Å². The molecule has 2 nitrogen and oxygen atoms in total. The lowest BCUT2D eigenvalue weighted by atomic mass is 9.91. The Hall–Kier alpha value is -0.790. The van der Waals surface area contributed by atoms with Gasteiger partial charge in [-0.3, -0.25) is 0 Å². The first-order chi connectivity index (χ1) is 5.25. The Balaban J connectivity index is 1.98. The van der Waals surface area contributed by atoms with E-state index < -0.39 is 5.97 Å². The molecule has 2 bridgehead atoms. The Morgan fingerprint density at radius 2 is 2.27 bits per heavy atom. The van der Waals surface area contributed by atoms with Gasteiger partial charge in [0, 0.05) is 5.97 Å². The lowest BCUT2D eigenvalue weighted by Crippen LogP contribution is -2.26. The summed E-state index contributed by atoms with van der Waals surface area (Å²) in [5, 5.41) is 10.3. The SMILES string of the molecule is O=C([O-])C[C@@H]1C[C@H]2C=C[C@@H]1C2. The van der Waals surface area contributed by atoms with Crippen LogP contribution < -0.4 is 5.11 Å². The van der Waals surface area contributed by atoms with Crippen LogP contribution in [0.1, 0.15) is 19.3 Å². The molecule has 0 amide bonds. The molecule has 1 saturated carbocycles. The van der Waals surface area contributed by atoms with Crippen LogP contribution in [-0.2, 0) is 4.79 Å². The van der Waals surface area contributed by atoms with Crippen LogP contribution in [0.2, 0.25) is 0 Å². The zero-order valence-corrected chi connectivity index (χ0v) is 6.32. The van der Waals surface area contributed by atoms with Gasteiger partial charge in [0.1, 0.15) is 0 Å². The maximum Gasteiger partial charge on any atom is 0.0417 e. The van der Waals surface area contributed by atoms with Crippen LogP contribution >= 0.6 is 0 Å². The molecule has 0 saturated heterocycles. The van der Waals surface area contributed by atoms with E-state index in [0.717, 1.165) is 6.42 Å². The van der Waals surface area contributed by atoms with Crippen LogP contribution in [-0.4, -0.2) is 5.97 Å². The van der Waals surface area contributed by atoms with Gasteiger partial charge in [0.05, 0.1) is 0 Å². The Kier molecular flexibility index (Phi) is 1.48. The minimum absolute atomic E-state index is 0.255. The number of carbonyl (C=O) groups excluding carboxylic acids is 1. The van der Waals surface area contributed by atoms with Crippen molar-refractivity contribution >= 4 is 5.97 Å². The molecule has 11 heavy (non-hydrogen) atoms. The maximum absolute atomic E-state index is 10.3. The van der Waals surface area contributed by atoms with Crippen molar-refractivity contribution < 1.29 is 9.90 Å². The summed E-state index contributed by atoms with van der Waals surface area (Å²) in [7, 11) is 0. The van der Waals surface area contributed by atoms with Crippen LogP contribution in [0.4, 0.5) is 0 Å². The summed E-state index contributed by atoms with van der Waals surface area (Å²) in [6, 6.07) is 0. The number of hydrogen-bond donors (Lipinski definition) is 0. The van der Waals surface area contributed by atoms with Crippen molar-refractivity contribution in [3.8, 4) is 0 Å². The van der Waals surface area contributed by atoms with E-state index in [0.29, 0.717) is 17.8 Å².